The van der Waals surface area contributed by atoms with Crippen molar-refractivity contribution in [3.05, 3.63) is 52.2 Å². The Bertz CT molecular complexity index is 711. The van der Waals surface area contributed by atoms with Crippen molar-refractivity contribution >= 4 is 17.3 Å². The standard InChI is InChI=1S/C21H32N4OS/c1-21(2,19-11-8-14-27-19)16-24-20(22-3)23-15-17-9-6-7-10-18(17)26-13-12-25(4)5/h6-11,14H,12-13,15-16H2,1-5H3,(H2,22,23,24). The lowest BCUT2D eigenvalue weighted by atomic mass is 9.91. The van der Waals surface area contributed by atoms with Crippen LogP contribution in [0.5, 0.6) is 5.75 Å². The Balaban J connectivity index is 1.89. The molecule has 6 heteroatoms. The van der Waals surface area contributed by atoms with Crippen LogP contribution >= 0.6 is 11.3 Å². The summed E-state index contributed by atoms with van der Waals surface area (Å²) >= 11 is 1.79. The second-order valence-corrected chi connectivity index (χ2v) is 8.35. The topological polar surface area (TPSA) is 48.9 Å². The summed E-state index contributed by atoms with van der Waals surface area (Å²) in [6.45, 7) is 7.53. The van der Waals surface area contributed by atoms with Crippen LogP contribution in [0.15, 0.2) is 46.8 Å². The summed E-state index contributed by atoms with van der Waals surface area (Å²) in [5.74, 6) is 1.71. The number of nitrogens with one attached hydrogen (secondary N) is 2. The summed E-state index contributed by atoms with van der Waals surface area (Å²) in [6, 6.07) is 12.4. The third-order valence-corrected chi connectivity index (χ3v) is 5.56. The first-order valence-electron chi connectivity index (χ1n) is 9.26. The first-order valence-corrected chi connectivity index (χ1v) is 10.1. The van der Waals surface area contributed by atoms with Crippen LogP contribution in [0.1, 0.15) is 24.3 Å². The van der Waals surface area contributed by atoms with Crippen molar-refractivity contribution in [1.29, 1.82) is 0 Å². The van der Waals surface area contributed by atoms with Crippen LogP contribution in [0.4, 0.5) is 0 Å². The van der Waals surface area contributed by atoms with Crippen molar-refractivity contribution in [2.45, 2.75) is 25.8 Å². The molecule has 0 radical (unpaired) electrons. The largest absolute Gasteiger partial charge is 0.492 e. The van der Waals surface area contributed by atoms with Gasteiger partial charge in [-0.15, -0.1) is 11.3 Å². The van der Waals surface area contributed by atoms with E-state index in [1.165, 1.54) is 4.88 Å². The van der Waals surface area contributed by atoms with Crippen LogP contribution in [0.25, 0.3) is 0 Å². The summed E-state index contributed by atoms with van der Waals surface area (Å²) in [7, 11) is 5.89. The number of guanidine groups is 1. The van der Waals surface area contributed by atoms with Crippen molar-refractivity contribution in [2.24, 2.45) is 4.99 Å². The summed E-state index contributed by atoms with van der Waals surface area (Å²) in [5.41, 5.74) is 1.18. The highest BCUT2D eigenvalue weighted by Gasteiger charge is 2.21. The summed E-state index contributed by atoms with van der Waals surface area (Å²) in [4.78, 5) is 7.83. The minimum Gasteiger partial charge on any atom is -0.492 e. The van der Waals surface area contributed by atoms with Gasteiger partial charge < -0.3 is 20.3 Å². The molecule has 2 N–H and O–H groups in total. The maximum absolute atomic E-state index is 5.94. The van der Waals surface area contributed by atoms with E-state index >= 15 is 0 Å². The van der Waals surface area contributed by atoms with E-state index in [-0.39, 0.29) is 5.41 Å². The third kappa shape index (κ3) is 6.88. The van der Waals surface area contributed by atoms with Crippen LogP contribution in [0.2, 0.25) is 0 Å². The Morgan fingerprint density at radius 3 is 2.59 bits per heavy atom. The van der Waals surface area contributed by atoms with Gasteiger partial charge in [0.05, 0.1) is 0 Å². The average Bonchev–Trinajstić information content (AvgIpc) is 3.18. The molecule has 0 atom stereocenters. The molecule has 0 unspecified atom stereocenters. The van der Waals surface area contributed by atoms with Gasteiger partial charge >= 0.3 is 0 Å². The van der Waals surface area contributed by atoms with Gasteiger partial charge in [-0.25, -0.2) is 0 Å². The molecule has 1 aromatic heterocycles. The molecule has 0 bridgehead atoms. The molecule has 148 valence electrons. The van der Waals surface area contributed by atoms with Crippen LogP contribution < -0.4 is 15.4 Å². The summed E-state index contributed by atoms with van der Waals surface area (Å²) in [6.07, 6.45) is 0. The lowest BCUT2D eigenvalue weighted by Crippen LogP contribution is -2.43. The molecular formula is C21H32N4OS. The van der Waals surface area contributed by atoms with Crippen LogP contribution in [-0.2, 0) is 12.0 Å². The molecule has 5 nitrogen and oxygen atoms in total. The molecular weight excluding hydrogens is 356 g/mol. The van der Waals surface area contributed by atoms with Crippen molar-refractivity contribution < 1.29 is 4.74 Å². The predicted octanol–water partition coefficient (Wildman–Crippen LogP) is 3.33. The number of thiophene rings is 1. The average molecular weight is 389 g/mol. The lowest BCUT2D eigenvalue weighted by molar-refractivity contribution is 0.259. The first kappa shape index (κ1) is 21.3. The van der Waals surface area contributed by atoms with E-state index in [1.807, 2.05) is 32.3 Å². The molecule has 0 fully saturated rings. The molecule has 0 aliphatic heterocycles. The minimum atomic E-state index is 0.0545. The van der Waals surface area contributed by atoms with Gasteiger partial charge in [0, 0.05) is 42.5 Å². The van der Waals surface area contributed by atoms with E-state index in [2.05, 4.69) is 58.0 Å². The zero-order valence-electron chi connectivity index (χ0n) is 17.1. The number of aliphatic imine (C=N–C) groups is 1. The SMILES string of the molecule is CN=C(NCc1ccccc1OCCN(C)C)NCC(C)(C)c1cccs1. The fraction of sp³-hybridized carbons (Fsp3) is 0.476. The first-order chi connectivity index (χ1) is 12.9. The van der Waals surface area contributed by atoms with Gasteiger partial charge in [-0.2, -0.15) is 0 Å². The Morgan fingerprint density at radius 2 is 1.93 bits per heavy atom. The fourth-order valence-electron chi connectivity index (χ4n) is 2.58. The number of hydrogen-bond donors (Lipinski definition) is 2. The maximum atomic E-state index is 5.94. The third-order valence-electron chi connectivity index (χ3n) is 4.32. The fourth-order valence-corrected chi connectivity index (χ4v) is 3.44. The van der Waals surface area contributed by atoms with Crippen molar-refractivity contribution in [1.82, 2.24) is 15.5 Å². The summed E-state index contributed by atoms with van der Waals surface area (Å²) < 4.78 is 5.94. The minimum absolute atomic E-state index is 0.0545. The van der Waals surface area contributed by atoms with E-state index < -0.39 is 0 Å². The second-order valence-electron chi connectivity index (χ2n) is 7.40. The highest BCUT2D eigenvalue weighted by Crippen LogP contribution is 2.26. The molecule has 2 rings (SSSR count). The number of hydrogen-bond acceptors (Lipinski definition) is 4. The van der Waals surface area contributed by atoms with E-state index in [0.717, 1.165) is 30.4 Å². The Kier molecular flexibility index (Phi) is 8.13. The van der Waals surface area contributed by atoms with Crippen LogP contribution in [-0.4, -0.2) is 51.7 Å². The second kappa shape index (κ2) is 10.3. The monoisotopic (exact) mass is 388 g/mol. The number of benzene rings is 1. The van der Waals surface area contributed by atoms with Gasteiger partial charge in [0.2, 0.25) is 0 Å². The van der Waals surface area contributed by atoms with Gasteiger partial charge in [-0.3, -0.25) is 4.99 Å². The van der Waals surface area contributed by atoms with E-state index in [9.17, 15) is 0 Å². The molecule has 1 aromatic carbocycles. The highest BCUT2D eigenvalue weighted by molar-refractivity contribution is 7.10. The quantitative estimate of drug-likeness (QED) is 0.511. The van der Waals surface area contributed by atoms with Gasteiger partial charge in [0.1, 0.15) is 12.4 Å². The predicted molar refractivity (Wildman–Crippen MR) is 116 cm³/mol. The number of rotatable bonds is 9. The van der Waals surface area contributed by atoms with Crippen molar-refractivity contribution in [3.8, 4) is 5.75 Å². The zero-order chi connectivity index (χ0) is 19.7. The maximum Gasteiger partial charge on any atom is 0.191 e. The van der Waals surface area contributed by atoms with E-state index in [0.29, 0.717) is 13.2 Å². The van der Waals surface area contributed by atoms with Gasteiger partial charge in [-0.05, 0) is 31.6 Å². The Labute approximate surface area is 167 Å². The lowest BCUT2D eigenvalue weighted by Gasteiger charge is -2.25. The van der Waals surface area contributed by atoms with Gasteiger partial charge in [-0.1, -0.05) is 38.1 Å². The molecule has 27 heavy (non-hydrogen) atoms. The Hall–Kier alpha value is -2.05. The molecule has 0 aliphatic carbocycles. The van der Waals surface area contributed by atoms with Crippen LogP contribution in [0, 0.1) is 0 Å². The van der Waals surface area contributed by atoms with Gasteiger partial charge in [0.25, 0.3) is 0 Å². The molecule has 0 saturated heterocycles. The zero-order valence-corrected chi connectivity index (χ0v) is 17.9. The number of nitrogens with zero attached hydrogens (tertiary/aromatic N) is 2. The van der Waals surface area contributed by atoms with Gasteiger partial charge in [0.15, 0.2) is 5.96 Å². The van der Waals surface area contributed by atoms with E-state index in [4.69, 9.17) is 4.74 Å². The number of likely N-dealkylation sites (N-methyl/N-ethyl adjacent to an activating group) is 1. The molecule has 2 aromatic rings. The highest BCUT2D eigenvalue weighted by atomic mass is 32.1. The number of para-hydroxylation sites is 1. The molecule has 0 amide bonds. The normalized spacial score (nSPS) is 12.3. The Morgan fingerprint density at radius 1 is 1.15 bits per heavy atom. The van der Waals surface area contributed by atoms with Crippen molar-refractivity contribution in [3.63, 3.8) is 0 Å². The van der Waals surface area contributed by atoms with Crippen molar-refractivity contribution in [2.75, 3.05) is 40.8 Å². The molecule has 0 aliphatic rings. The molecule has 0 spiro atoms. The summed E-state index contributed by atoms with van der Waals surface area (Å²) in [5, 5.41) is 8.96. The smallest absolute Gasteiger partial charge is 0.191 e. The molecule has 0 saturated carbocycles. The van der Waals surface area contributed by atoms with E-state index in [1.54, 1.807) is 18.4 Å². The molecule has 1 heterocycles. The number of ether oxygens (including phenoxy) is 1. The van der Waals surface area contributed by atoms with Crippen LogP contribution in [0.3, 0.4) is 0 Å².